The predicted molar refractivity (Wildman–Crippen MR) is 64.7 cm³/mol. The van der Waals surface area contributed by atoms with E-state index in [-0.39, 0.29) is 12.0 Å². The molecule has 1 aromatic rings. The van der Waals surface area contributed by atoms with E-state index in [9.17, 15) is 4.79 Å². The number of carbonyl (C=O) groups is 1. The van der Waals surface area contributed by atoms with Crippen LogP contribution in [0, 0.1) is 6.92 Å². The Hall–Kier alpha value is -1.55. The summed E-state index contributed by atoms with van der Waals surface area (Å²) in [5.74, 6) is -0.318. The lowest BCUT2D eigenvalue weighted by Gasteiger charge is -2.16. The number of esters is 1. The van der Waals surface area contributed by atoms with Crippen LogP contribution in [-0.4, -0.2) is 25.7 Å². The molecule has 1 atom stereocenters. The molecular formula is C12H18N2O2. The van der Waals surface area contributed by atoms with Crippen LogP contribution >= 0.6 is 0 Å². The first kappa shape index (κ1) is 12.5. The fourth-order valence-corrected chi connectivity index (χ4v) is 1.45. The minimum Gasteiger partial charge on any atom is -0.465 e. The Balaban J connectivity index is 2.99. The molecule has 16 heavy (non-hydrogen) atoms. The average Bonchev–Trinajstić information content (AvgIpc) is 2.30. The third kappa shape index (κ3) is 2.73. The molecule has 0 heterocycles. The maximum Gasteiger partial charge on any atom is 0.338 e. The number of hydrogen-bond donors (Lipinski definition) is 2. The van der Waals surface area contributed by atoms with Gasteiger partial charge in [0, 0.05) is 18.3 Å². The summed E-state index contributed by atoms with van der Waals surface area (Å²) in [4.78, 5) is 11.5. The van der Waals surface area contributed by atoms with Crippen molar-refractivity contribution in [2.75, 3.05) is 19.0 Å². The first-order valence-electron chi connectivity index (χ1n) is 5.24. The van der Waals surface area contributed by atoms with Crippen LogP contribution in [0.25, 0.3) is 0 Å². The van der Waals surface area contributed by atoms with Gasteiger partial charge in [0.05, 0.1) is 12.7 Å². The molecule has 0 saturated heterocycles. The van der Waals surface area contributed by atoms with Crippen molar-refractivity contribution >= 4 is 11.7 Å². The van der Waals surface area contributed by atoms with Gasteiger partial charge in [0.25, 0.3) is 0 Å². The van der Waals surface area contributed by atoms with Crippen LogP contribution in [0.1, 0.15) is 22.8 Å². The molecule has 0 aliphatic heterocycles. The lowest BCUT2D eigenvalue weighted by molar-refractivity contribution is 0.0600. The average molecular weight is 222 g/mol. The van der Waals surface area contributed by atoms with Crippen molar-refractivity contribution < 1.29 is 9.53 Å². The van der Waals surface area contributed by atoms with Gasteiger partial charge in [-0.15, -0.1) is 0 Å². The summed E-state index contributed by atoms with van der Waals surface area (Å²) < 4.78 is 4.71. The van der Waals surface area contributed by atoms with Crippen LogP contribution in [0.2, 0.25) is 0 Å². The van der Waals surface area contributed by atoms with Crippen molar-refractivity contribution in [1.29, 1.82) is 0 Å². The van der Waals surface area contributed by atoms with Crippen LogP contribution in [0.5, 0.6) is 0 Å². The predicted octanol–water partition coefficient (Wildman–Crippen LogP) is 1.54. The number of benzene rings is 1. The summed E-state index contributed by atoms with van der Waals surface area (Å²) in [5.41, 5.74) is 7.92. The SMILES string of the molecule is COC(=O)c1cccc(NC(C)CN)c1C. The number of anilines is 1. The van der Waals surface area contributed by atoms with Gasteiger partial charge in [0.15, 0.2) is 0 Å². The monoisotopic (exact) mass is 222 g/mol. The highest BCUT2D eigenvalue weighted by molar-refractivity contribution is 5.92. The molecule has 0 aromatic heterocycles. The van der Waals surface area contributed by atoms with Crippen molar-refractivity contribution in [3.05, 3.63) is 29.3 Å². The minimum atomic E-state index is -0.318. The summed E-state index contributed by atoms with van der Waals surface area (Å²) in [6.45, 7) is 4.42. The van der Waals surface area contributed by atoms with E-state index in [2.05, 4.69) is 5.32 Å². The zero-order chi connectivity index (χ0) is 12.1. The number of hydrogen-bond acceptors (Lipinski definition) is 4. The second-order valence-electron chi connectivity index (χ2n) is 3.75. The highest BCUT2D eigenvalue weighted by Crippen LogP contribution is 2.20. The van der Waals surface area contributed by atoms with Gasteiger partial charge in [-0.1, -0.05) is 6.07 Å². The Morgan fingerprint density at radius 1 is 1.56 bits per heavy atom. The molecule has 0 aliphatic carbocycles. The number of carbonyl (C=O) groups excluding carboxylic acids is 1. The number of ether oxygens (including phenoxy) is 1. The molecule has 0 spiro atoms. The molecule has 1 aromatic carbocycles. The maximum absolute atomic E-state index is 11.5. The quantitative estimate of drug-likeness (QED) is 0.758. The second-order valence-corrected chi connectivity index (χ2v) is 3.75. The van der Waals surface area contributed by atoms with E-state index < -0.39 is 0 Å². The lowest BCUT2D eigenvalue weighted by Crippen LogP contribution is -2.25. The third-order valence-corrected chi connectivity index (χ3v) is 2.49. The molecule has 0 aliphatic rings. The number of nitrogens with one attached hydrogen (secondary N) is 1. The summed E-state index contributed by atoms with van der Waals surface area (Å²) in [6, 6.07) is 5.67. The number of nitrogens with two attached hydrogens (primary N) is 1. The van der Waals surface area contributed by atoms with Gasteiger partial charge >= 0.3 is 5.97 Å². The molecule has 1 rings (SSSR count). The second kappa shape index (κ2) is 5.51. The van der Waals surface area contributed by atoms with Crippen molar-refractivity contribution in [3.63, 3.8) is 0 Å². The van der Waals surface area contributed by atoms with Crippen LogP contribution in [-0.2, 0) is 4.74 Å². The first-order valence-corrected chi connectivity index (χ1v) is 5.24. The maximum atomic E-state index is 11.5. The molecule has 1 unspecified atom stereocenters. The lowest BCUT2D eigenvalue weighted by atomic mass is 10.1. The zero-order valence-corrected chi connectivity index (χ0v) is 9.91. The van der Waals surface area contributed by atoms with E-state index >= 15 is 0 Å². The molecular weight excluding hydrogens is 204 g/mol. The molecule has 0 fully saturated rings. The normalized spacial score (nSPS) is 12.0. The number of rotatable bonds is 4. The smallest absolute Gasteiger partial charge is 0.338 e. The molecule has 0 bridgehead atoms. The van der Waals surface area contributed by atoms with Crippen LogP contribution in [0.4, 0.5) is 5.69 Å². The summed E-state index contributed by atoms with van der Waals surface area (Å²) in [7, 11) is 1.38. The summed E-state index contributed by atoms with van der Waals surface area (Å²) >= 11 is 0. The van der Waals surface area contributed by atoms with Crippen LogP contribution in [0.15, 0.2) is 18.2 Å². The van der Waals surface area contributed by atoms with Crippen LogP contribution < -0.4 is 11.1 Å². The Bertz CT molecular complexity index is 377. The van der Waals surface area contributed by atoms with Gasteiger partial charge in [0.2, 0.25) is 0 Å². The largest absolute Gasteiger partial charge is 0.465 e. The van der Waals surface area contributed by atoms with Crippen molar-refractivity contribution in [3.8, 4) is 0 Å². The van der Waals surface area contributed by atoms with Crippen molar-refractivity contribution in [2.45, 2.75) is 19.9 Å². The molecule has 3 N–H and O–H groups in total. The first-order chi connectivity index (χ1) is 7.60. The summed E-state index contributed by atoms with van der Waals surface area (Å²) in [6.07, 6.45) is 0. The van der Waals surface area contributed by atoms with Crippen molar-refractivity contribution in [1.82, 2.24) is 0 Å². The van der Waals surface area contributed by atoms with E-state index in [4.69, 9.17) is 10.5 Å². The number of methoxy groups -OCH3 is 1. The minimum absolute atomic E-state index is 0.173. The fraction of sp³-hybridized carbons (Fsp3) is 0.417. The van der Waals surface area contributed by atoms with E-state index in [1.165, 1.54) is 7.11 Å². The standard InChI is InChI=1S/C12H18N2O2/c1-8(7-13)14-11-6-4-5-10(9(11)2)12(15)16-3/h4-6,8,14H,7,13H2,1-3H3. The van der Waals surface area contributed by atoms with E-state index in [0.717, 1.165) is 11.3 Å². The van der Waals surface area contributed by atoms with Gasteiger partial charge in [-0.2, -0.15) is 0 Å². The zero-order valence-electron chi connectivity index (χ0n) is 9.91. The Morgan fingerprint density at radius 3 is 2.81 bits per heavy atom. The van der Waals surface area contributed by atoms with Gasteiger partial charge in [-0.25, -0.2) is 4.79 Å². The summed E-state index contributed by atoms with van der Waals surface area (Å²) in [5, 5.41) is 3.25. The molecule has 0 amide bonds. The van der Waals surface area contributed by atoms with Crippen LogP contribution in [0.3, 0.4) is 0 Å². The fourth-order valence-electron chi connectivity index (χ4n) is 1.45. The molecule has 0 radical (unpaired) electrons. The van der Waals surface area contributed by atoms with Gasteiger partial charge in [-0.05, 0) is 31.5 Å². The van der Waals surface area contributed by atoms with Gasteiger partial charge in [-0.3, -0.25) is 0 Å². The highest BCUT2D eigenvalue weighted by Gasteiger charge is 2.12. The molecule has 88 valence electrons. The highest BCUT2D eigenvalue weighted by atomic mass is 16.5. The topological polar surface area (TPSA) is 64.3 Å². The Labute approximate surface area is 95.8 Å². The van der Waals surface area contributed by atoms with Gasteiger partial charge < -0.3 is 15.8 Å². The van der Waals surface area contributed by atoms with E-state index in [1.54, 1.807) is 6.07 Å². The molecule has 0 saturated carbocycles. The van der Waals surface area contributed by atoms with E-state index in [0.29, 0.717) is 12.1 Å². The Kier molecular flexibility index (Phi) is 4.31. The van der Waals surface area contributed by atoms with Gasteiger partial charge in [0.1, 0.15) is 0 Å². The van der Waals surface area contributed by atoms with E-state index in [1.807, 2.05) is 26.0 Å². The third-order valence-electron chi connectivity index (χ3n) is 2.49. The molecule has 4 nitrogen and oxygen atoms in total. The van der Waals surface area contributed by atoms with Crippen molar-refractivity contribution in [2.24, 2.45) is 5.73 Å². The Morgan fingerprint density at radius 2 is 2.25 bits per heavy atom. The molecule has 4 heteroatoms.